The van der Waals surface area contributed by atoms with E-state index in [4.69, 9.17) is 10.00 Å². The van der Waals surface area contributed by atoms with Gasteiger partial charge >= 0.3 is 0 Å². The first-order valence-electron chi connectivity index (χ1n) is 5.45. The van der Waals surface area contributed by atoms with Crippen LogP contribution >= 0.6 is 0 Å². The number of ether oxygens (including phenoxy) is 1. The molecule has 0 N–H and O–H groups in total. The van der Waals surface area contributed by atoms with Crippen LogP contribution in [0.4, 0.5) is 0 Å². The average Bonchev–Trinajstić information content (AvgIpc) is 2.19. The molecule has 80 valence electrons. The van der Waals surface area contributed by atoms with E-state index < -0.39 is 0 Å². The summed E-state index contributed by atoms with van der Waals surface area (Å²) >= 11 is 0. The van der Waals surface area contributed by atoms with Crippen molar-refractivity contribution in [3.63, 3.8) is 0 Å². The smallest absolute Gasteiger partial charge is 0.0625 e. The molecule has 0 radical (unpaired) electrons. The Balaban J connectivity index is 2.16. The van der Waals surface area contributed by atoms with Crippen molar-refractivity contribution in [2.75, 3.05) is 33.4 Å². The van der Waals surface area contributed by atoms with E-state index in [1.807, 2.05) is 0 Å². The minimum atomic E-state index is 0.608. The molecule has 0 aromatic rings. The molecule has 0 aromatic carbocycles. The highest BCUT2D eigenvalue weighted by molar-refractivity contribution is 4.81. The Morgan fingerprint density at radius 2 is 2.43 bits per heavy atom. The molecule has 0 saturated carbocycles. The lowest BCUT2D eigenvalue weighted by Crippen LogP contribution is -2.36. The van der Waals surface area contributed by atoms with Gasteiger partial charge in [0.2, 0.25) is 0 Å². The molecule has 3 heteroatoms. The van der Waals surface area contributed by atoms with Gasteiger partial charge in [0.05, 0.1) is 6.07 Å². The molecule has 1 aliphatic rings. The van der Waals surface area contributed by atoms with Crippen molar-refractivity contribution in [2.45, 2.75) is 25.7 Å². The van der Waals surface area contributed by atoms with Crippen molar-refractivity contribution in [3.05, 3.63) is 0 Å². The third-order valence-corrected chi connectivity index (χ3v) is 2.81. The number of rotatable bonds is 5. The number of nitrogens with zero attached hydrogens (tertiary/aromatic N) is 2. The Morgan fingerprint density at radius 3 is 3.14 bits per heavy atom. The molecular formula is C11H20N2O. The minimum absolute atomic E-state index is 0.608. The van der Waals surface area contributed by atoms with Crippen molar-refractivity contribution >= 4 is 0 Å². The van der Waals surface area contributed by atoms with Crippen LogP contribution in [-0.2, 0) is 4.74 Å². The topological polar surface area (TPSA) is 36.3 Å². The van der Waals surface area contributed by atoms with Crippen LogP contribution in [0.25, 0.3) is 0 Å². The highest BCUT2D eigenvalue weighted by Crippen LogP contribution is 2.18. The van der Waals surface area contributed by atoms with Gasteiger partial charge in [-0.3, -0.25) is 0 Å². The lowest BCUT2D eigenvalue weighted by Gasteiger charge is -2.31. The van der Waals surface area contributed by atoms with Crippen LogP contribution < -0.4 is 0 Å². The monoisotopic (exact) mass is 196 g/mol. The van der Waals surface area contributed by atoms with Gasteiger partial charge in [-0.1, -0.05) is 0 Å². The number of methoxy groups -OCH3 is 1. The molecule has 1 fully saturated rings. The minimum Gasteiger partial charge on any atom is -0.385 e. The largest absolute Gasteiger partial charge is 0.385 e. The maximum absolute atomic E-state index is 8.63. The summed E-state index contributed by atoms with van der Waals surface area (Å²) in [4.78, 5) is 2.46. The van der Waals surface area contributed by atoms with Crippen LogP contribution in [0.15, 0.2) is 0 Å². The molecule has 0 aliphatic carbocycles. The van der Waals surface area contributed by atoms with Gasteiger partial charge in [0.15, 0.2) is 0 Å². The molecule has 0 spiro atoms. The molecule has 1 heterocycles. The van der Waals surface area contributed by atoms with Gasteiger partial charge in [0, 0.05) is 33.2 Å². The van der Waals surface area contributed by atoms with Crippen LogP contribution in [0.2, 0.25) is 0 Å². The van der Waals surface area contributed by atoms with E-state index in [0.29, 0.717) is 5.92 Å². The Hall–Kier alpha value is -0.590. The molecule has 1 rings (SSSR count). The van der Waals surface area contributed by atoms with Crippen LogP contribution in [0.3, 0.4) is 0 Å². The predicted molar refractivity (Wildman–Crippen MR) is 55.9 cm³/mol. The van der Waals surface area contributed by atoms with Crippen molar-refractivity contribution in [1.82, 2.24) is 4.90 Å². The van der Waals surface area contributed by atoms with Crippen LogP contribution in [-0.4, -0.2) is 38.3 Å². The van der Waals surface area contributed by atoms with Crippen LogP contribution in [0, 0.1) is 17.2 Å². The highest BCUT2D eigenvalue weighted by atomic mass is 16.5. The maximum Gasteiger partial charge on any atom is 0.0625 e. The first-order chi connectivity index (χ1) is 6.86. The summed E-state index contributed by atoms with van der Waals surface area (Å²) in [6.07, 6.45) is 4.31. The standard InChI is InChI=1S/C11H20N2O/c1-14-9-3-8-13-7-2-4-11(10-13)5-6-12/h11H,2-5,7-10H2,1H3. The summed E-state index contributed by atoms with van der Waals surface area (Å²) in [5.74, 6) is 0.608. The average molecular weight is 196 g/mol. The SMILES string of the molecule is COCCCN1CCCC(CC#N)C1. The second-order valence-electron chi connectivity index (χ2n) is 4.02. The van der Waals surface area contributed by atoms with Gasteiger partial charge < -0.3 is 9.64 Å². The summed E-state index contributed by atoms with van der Waals surface area (Å²) in [7, 11) is 1.74. The Labute approximate surface area is 86.6 Å². The molecule has 1 aliphatic heterocycles. The second-order valence-corrected chi connectivity index (χ2v) is 4.02. The molecule has 1 saturated heterocycles. The maximum atomic E-state index is 8.63. The number of hydrogen-bond donors (Lipinski definition) is 0. The molecule has 0 bridgehead atoms. The summed E-state index contributed by atoms with van der Waals surface area (Å²) in [5, 5.41) is 8.63. The quantitative estimate of drug-likeness (QED) is 0.627. The van der Waals surface area contributed by atoms with Crippen molar-refractivity contribution in [1.29, 1.82) is 5.26 Å². The lowest BCUT2D eigenvalue weighted by molar-refractivity contribution is 0.142. The molecule has 1 unspecified atom stereocenters. The summed E-state index contributed by atoms with van der Waals surface area (Å²) in [6.45, 7) is 4.28. The molecule has 1 atom stereocenters. The van der Waals surface area contributed by atoms with E-state index in [2.05, 4.69) is 11.0 Å². The normalized spacial score (nSPS) is 23.3. The Kier molecular flexibility index (Phi) is 5.58. The third kappa shape index (κ3) is 4.08. The number of nitriles is 1. The number of likely N-dealkylation sites (tertiary alicyclic amines) is 1. The highest BCUT2D eigenvalue weighted by Gasteiger charge is 2.18. The van der Waals surface area contributed by atoms with Gasteiger partial charge in [-0.15, -0.1) is 0 Å². The first-order valence-corrected chi connectivity index (χ1v) is 5.45. The van der Waals surface area contributed by atoms with Crippen molar-refractivity contribution in [3.8, 4) is 6.07 Å². The zero-order valence-corrected chi connectivity index (χ0v) is 9.04. The van der Waals surface area contributed by atoms with Gasteiger partial charge in [-0.05, 0) is 31.7 Å². The lowest BCUT2D eigenvalue weighted by atomic mass is 9.95. The van der Waals surface area contributed by atoms with Gasteiger partial charge in [-0.25, -0.2) is 0 Å². The third-order valence-electron chi connectivity index (χ3n) is 2.81. The summed E-state index contributed by atoms with van der Waals surface area (Å²) in [6, 6.07) is 2.27. The summed E-state index contributed by atoms with van der Waals surface area (Å²) in [5.41, 5.74) is 0. The zero-order valence-electron chi connectivity index (χ0n) is 9.04. The van der Waals surface area contributed by atoms with Crippen LogP contribution in [0.5, 0.6) is 0 Å². The predicted octanol–water partition coefficient (Wildman–Crippen LogP) is 1.65. The zero-order chi connectivity index (χ0) is 10.2. The van der Waals surface area contributed by atoms with E-state index in [0.717, 1.165) is 32.5 Å². The van der Waals surface area contributed by atoms with Crippen LogP contribution in [0.1, 0.15) is 25.7 Å². The Morgan fingerprint density at radius 1 is 1.57 bits per heavy atom. The van der Waals surface area contributed by atoms with Crippen molar-refractivity contribution in [2.24, 2.45) is 5.92 Å². The fourth-order valence-corrected chi connectivity index (χ4v) is 2.08. The molecular weight excluding hydrogens is 176 g/mol. The van der Waals surface area contributed by atoms with E-state index in [1.54, 1.807) is 7.11 Å². The second kappa shape index (κ2) is 6.80. The van der Waals surface area contributed by atoms with E-state index in [-0.39, 0.29) is 0 Å². The molecule has 0 amide bonds. The molecule has 14 heavy (non-hydrogen) atoms. The molecule has 0 aromatic heterocycles. The first kappa shape index (κ1) is 11.5. The summed E-state index contributed by atoms with van der Waals surface area (Å²) < 4.78 is 5.03. The molecule has 3 nitrogen and oxygen atoms in total. The number of piperidine rings is 1. The fourth-order valence-electron chi connectivity index (χ4n) is 2.08. The van der Waals surface area contributed by atoms with Gasteiger partial charge in [-0.2, -0.15) is 5.26 Å². The van der Waals surface area contributed by atoms with E-state index in [9.17, 15) is 0 Å². The Bertz CT molecular complexity index is 188. The van der Waals surface area contributed by atoms with E-state index in [1.165, 1.54) is 19.4 Å². The van der Waals surface area contributed by atoms with Crippen molar-refractivity contribution < 1.29 is 4.74 Å². The number of hydrogen-bond acceptors (Lipinski definition) is 3. The fraction of sp³-hybridized carbons (Fsp3) is 0.909. The van der Waals surface area contributed by atoms with E-state index >= 15 is 0 Å². The van der Waals surface area contributed by atoms with Gasteiger partial charge in [0.1, 0.15) is 0 Å². The van der Waals surface area contributed by atoms with Gasteiger partial charge in [0.25, 0.3) is 0 Å².